The summed E-state index contributed by atoms with van der Waals surface area (Å²) in [4.78, 5) is 29.2. The summed E-state index contributed by atoms with van der Waals surface area (Å²) in [6.45, 7) is 4.49. The first-order valence-corrected chi connectivity index (χ1v) is 9.77. The number of likely N-dealkylation sites (tertiary alicyclic amines) is 1. The van der Waals surface area contributed by atoms with Gasteiger partial charge in [0.25, 0.3) is 5.69 Å². The molecule has 2 saturated heterocycles. The summed E-state index contributed by atoms with van der Waals surface area (Å²) in [5.74, 6) is 2.34. The van der Waals surface area contributed by atoms with E-state index in [9.17, 15) is 14.9 Å². The molecule has 0 radical (unpaired) electrons. The molecule has 0 aromatic carbocycles. The molecule has 1 aromatic rings. The van der Waals surface area contributed by atoms with Gasteiger partial charge in [0.15, 0.2) is 0 Å². The molecule has 1 saturated carbocycles. The predicted octanol–water partition coefficient (Wildman–Crippen LogP) is 2.37. The molecule has 4 rings (SSSR count). The minimum atomic E-state index is -0.437. The summed E-state index contributed by atoms with van der Waals surface area (Å²) in [6.07, 6.45) is 4.69. The highest BCUT2D eigenvalue weighted by molar-refractivity contribution is 5.80. The van der Waals surface area contributed by atoms with E-state index in [-0.39, 0.29) is 23.6 Å². The number of anilines is 1. The number of hydrogen-bond acceptors (Lipinski definition) is 6. The Balaban J connectivity index is 1.22. The molecule has 0 spiro atoms. The van der Waals surface area contributed by atoms with Gasteiger partial charge < -0.3 is 15.0 Å². The van der Waals surface area contributed by atoms with Crippen molar-refractivity contribution in [3.05, 3.63) is 27.9 Å². The van der Waals surface area contributed by atoms with E-state index in [2.05, 4.69) is 10.3 Å². The van der Waals surface area contributed by atoms with Gasteiger partial charge in [0, 0.05) is 25.7 Å². The Morgan fingerprint density at radius 2 is 2.15 bits per heavy atom. The van der Waals surface area contributed by atoms with Crippen molar-refractivity contribution in [1.82, 2.24) is 9.88 Å². The lowest BCUT2D eigenvalue weighted by molar-refractivity contribution is -0.385. The van der Waals surface area contributed by atoms with E-state index in [4.69, 9.17) is 4.74 Å². The van der Waals surface area contributed by atoms with Crippen molar-refractivity contribution in [2.45, 2.75) is 38.7 Å². The maximum Gasteiger partial charge on any atom is 0.290 e. The van der Waals surface area contributed by atoms with Gasteiger partial charge in [0.05, 0.1) is 23.6 Å². The van der Waals surface area contributed by atoms with Crippen molar-refractivity contribution < 1.29 is 14.5 Å². The maximum atomic E-state index is 12.6. The number of nitrogens with one attached hydrogen (secondary N) is 1. The van der Waals surface area contributed by atoms with Gasteiger partial charge in [-0.25, -0.2) is 4.98 Å². The molecule has 3 aliphatic rings. The number of carbonyl (C=O) groups excluding carboxylic acids is 1. The molecule has 1 amide bonds. The smallest absolute Gasteiger partial charge is 0.290 e. The van der Waals surface area contributed by atoms with E-state index < -0.39 is 4.92 Å². The van der Waals surface area contributed by atoms with E-state index in [0.717, 1.165) is 24.9 Å². The Hall–Kier alpha value is -2.22. The quantitative estimate of drug-likeness (QED) is 0.606. The van der Waals surface area contributed by atoms with Gasteiger partial charge in [0.2, 0.25) is 5.91 Å². The van der Waals surface area contributed by atoms with Crippen LogP contribution in [0.5, 0.6) is 0 Å². The second-order valence-corrected chi connectivity index (χ2v) is 8.02. The van der Waals surface area contributed by atoms with Crippen molar-refractivity contribution in [1.29, 1.82) is 0 Å². The highest BCUT2D eigenvalue weighted by Gasteiger charge is 2.42. The highest BCUT2D eigenvalue weighted by Crippen LogP contribution is 2.39. The third-order valence-electron chi connectivity index (χ3n) is 6.23. The van der Waals surface area contributed by atoms with E-state index in [1.165, 1.54) is 25.3 Å². The zero-order valence-corrected chi connectivity index (χ0v) is 15.6. The van der Waals surface area contributed by atoms with E-state index in [0.29, 0.717) is 31.1 Å². The minimum absolute atomic E-state index is 0.0121. The van der Waals surface area contributed by atoms with Crippen LogP contribution in [0.4, 0.5) is 11.5 Å². The monoisotopic (exact) mass is 374 g/mol. The van der Waals surface area contributed by atoms with Gasteiger partial charge in [0.1, 0.15) is 11.5 Å². The lowest BCUT2D eigenvalue weighted by Crippen LogP contribution is -2.55. The van der Waals surface area contributed by atoms with Crippen LogP contribution in [0.1, 0.15) is 31.4 Å². The van der Waals surface area contributed by atoms with Crippen molar-refractivity contribution in [3.63, 3.8) is 0 Å². The second-order valence-electron chi connectivity index (χ2n) is 8.02. The van der Waals surface area contributed by atoms with Crippen LogP contribution in [0.3, 0.4) is 0 Å². The molecule has 0 bridgehead atoms. The first kappa shape index (κ1) is 18.2. The number of nitrogens with zero attached hydrogens (tertiary/aromatic N) is 3. The molecule has 8 nitrogen and oxygen atoms in total. The highest BCUT2D eigenvalue weighted by atomic mass is 16.6. The summed E-state index contributed by atoms with van der Waals surface area (Å²) in [7, 11) is 0. The van der Waals surface area contributed by atoms with Crippen LogP contribution in [0.15, 0.2) is 12.1 Å². The molecule has 3 heterocycles. The first-order valence-electron chi connectivity index (χ1n) is 9.77. The minimum Gasteiger partial charge on any atom is -0.376 e. The zero-order valence-electron chi connectivity index (χ0n) is 15.6. The number of pyridine rings is 1. The molecule has 146 valence electrons. The summed E-state index contributed by atoms with van der Waals surface area (Å²) in [5, 5.41) is 14.0. The fourth-order valence-electron chi connectivity index (χ4n) is 4.24. The van der Waals surface area contributed by atoms with Crippen molar-refractivity contribution in [3.8, 4) is 0 Å². The topological polar surface area (TPSA) is 97.6 Å². The Morgan fingerprint density at radius 3 is 2.78 bits per heavy atom. The number of ether oxygens (including phenoxy) is 1. The van der Waals surface area contributed by atoms with Gasteiger partial charge in [-0.15, -0.1) is 0 Å². The number of aryl methyl sites for hydroxylation is 1. The van der Waals surface area contributed by atoms with Crippen molar-refractivity contribution >= 4 is 17.4 Å². The fourth-order valence-corrected chi connectivity index (χ4v) is 4.24. The predicted molar refractivity (Wildman–Crippen MR) is 99.4 cm³/mol. The first-order chi connectivity index (χ1) is 13.0. The lowest BCUT2D eigenvalue weighted by Gasteiger charge is -2.47. The van der Waals surface area contributed by atoms with Gasteiger partial charge in [-0.2, -0.15) is 0 Å². The molecule has 8 heteroatoms. The number of hydrogen-bond donors (Lipinski definition) is 1. The third-order valence-corrected chi connectivity index (χ3v) is 6.23. The van der Waals surface area contributed by atoms with Crippen LogP contribution < -0.4 is 5.32 Å². The average molecular weight is 374 g/mol. The summed E-state index contributed by atoms with van der Waals surface area (Å²) < 4.78 is 5.78. The molecule has 3 fully saturated rings. The van der Waals surface area contributed by atoms with Crippen molar-refractivity contribution in [2.24, 2.45) is 17.8 Å². The molecule has 2 aliphatic heterocycles. The number of aromatic nitrogens is 1. The second kappa shape index (κ2) is 7.42. The zero-order chi connectivity index (χ0) is 19.0. The normalized spacial score (nSPS) is 25.7. The maximum absolute atomic E-state index is 12.6. The van der Waals surface area contributed by atoms with E-state index in [1.807, 2.05) is 4.90 Å². The molecule has 27 heavy (non-hydrogen) atoms. The average Bonchev–Trinajstić information content (AvgIpc) is 3.02. The van der Waals surface area contributed by atoms with E-state index in [1.54, 1.807) is 13.0 Å². The largest absolute Gasteiger partial charge is 0.376 e. The molecular formula is C19H26N4O4. The Bertz CT molecular complexity index is 730. The van der Waals surface area contributed by atoms with Crippen LogP contribution in [0.2, 0.25) is 0 Å². The van der Waals surface area contributed by atoms with E-state index >= 15 is 0 Å². The number of amides is 1. The van der Waals surface area contributed by atoms with Crippen molar-refractivity contribution in [2.75, 3.05) is 31.6 Å². The fraction of sp³-hybridized carbons (Fsp3) is 0.684. The Kier molecular flexibility index (Phi) is 4.99. The summed E-state index contributed by atoms with van der Waals surface area (Å²) >= 11 is 0. The van der Waals surface area contributed by atoms with Gasteiger partial charge in [-0.3, -0.25) is 14.9 Å². The standard InChI is InChI=1S/C19H26N4O4/c1-12-17(23(25)26)5-6-18(21-12)20-8-16-7-14(11-27-16)19(24)22-9-15(10-22)13-3-2-4-13/h5-6,13-16H,2-4,7-11H2,1H3,(H,20,21)/t14-,16-/m0/s1. The van der Waals surface area contributed by atoms with Crippen LogP contribution in [0, 0.1) is 34.8 Å². The van der Waals surface area contributed by atoms with Gasteiger partial charge in [-0.05, 0) is 31.2 Å². The van der Waals surface area contributed by atoms with Gasteiger partial charge in [-0.1, -0.05) is 19.3 Å². The molecule has 1 aliphatic carbocycles. The lowest BCUT2D eigenvalue weighted by atomic mass is 9.72. The summed E-state index contributed by atoms with van der Waals surface area (Å²) in [5.41, 5.74) is 0.391. The SMILES string of the molecule is Cc1nc(NC[C@@H]2C[C@H](C(=O)N3CC(C4CCC4)C3)CO2)ccc1[N+](=O)[O-]. The van der Waals surface area contributed by atoms with Crippen LogP contribution in [0.25, 0.3) is 0 Å². The van der Waals surface area contributed by atoms with Crippen LogP contribution >= 0.6 is 0 Å². The molecule has 1 N–H and O–H groups in total. The molecule has 0 unspecified atom stereocenters. The Morgan fingerprint density at radius 1 is 1.37 bits per heavy atom. The number of rotatable bonds is 6. The number of carbonyl (C=O) groups is 1. The number of nitro groups is 1. The van der Waals surface area contributed by atoms with Crippen LogP contribution in [-0.4, -0.2) is 53.1 Å². The van der Waals surface area contributed by atoms with Crippen LogP contribution in [-0.2, 0) is 9.53 Å². The summed E-state index contributed by atoms with van der Waals surface area (Å²) in [6, 6.07) is 3.05. The molecule has 2 atom stereocenters. The Labute approximate surface area is 158 Å². The third kappa shape index (κ3) is 3.76. The molecular weight excluding hydrogens is 348 g/mol. The molecule has 1 aromatic heterocycles. The van der Waals surface area contributed by atoms with Gasteiger partial charge >= 0.3 is 0 Å².